The van der Waals surface area contributed by atoms with Crippen molar-refractivity contribution in [2.24, 2.45) is 4.99 Å². The Balaban J connectivity index is 0.00000243. The van der Waals surface area contributed by atoms with Gasteiger partial charge in [-0.15, -0.1) is 35.3 Å². The predicted octanol–water partition coefficient (Wildman–Crippen LogP) is 4.78. The van der Waals surface area contributed by atoms with Gasteiger partial charge in [0, 0.05) is 34.0 Å². The van der Waals surface area contributed by atoms with E-state index in [1.807, 2.05) is 20.8 Å². The summed E-state index contributed by atoms with van der Waals surface area (Å²) in [6.07, 6.45) is 0.851. The summed E-state index contributed by atoms with van der Waals surface area (Å²) in [4.78, 5) is 10.2. The highest BCUT2D eigenvalue weighted by molar-refractivity contribution is 14.0. The Kier molecular flexibility index (Phi) is 7.66. The van der Waals surface area contributed by atoms with Gasteiger partial charge in [0.25, 0.3) is 0 Å². The highest BCUT2D eigenvalue weighted by atomic mass is 127. The van der Waals surface area contributed by atoms with E-state index in [0.717, 1.165) is 29.6 Å². The summed E-state index contributed by atoms with van der Waals surface area (Å²) in [5.74, 6) is 0.595. The second-order valence-electron chi connectivity index (χ2n) is 6.16. The van der Waals surface area contributed by atoms with Crippen LogP contribution in [0.25, 0.3) is 0 Å². The van der Waals surface area contributed by atoms with Gasteiger partial charge in [0.15, 0.2) is 5.96 Å². The van der Waals surface area contributed by atoms with Crippen LogP contribution in [0.4, 0.5) is 4.39 Å². The van der Waals surface area contributed by atoms with E-state index in [9.17, 15) is 4.39 Å². The number of rotatable bonds is 5. The van der Waals surface area contributed by atoms with Gasteiger partial charge in [-0.1, -0.05) is 17.7 Å². The first kappa shape index (κ1) is 21.4. The summed E-state index contributed by atoms with van der Waals surface area (Å²) in [6, 6.07) is 4.99. The highest BCUT2D eigenvalue weighted by Crippen LogP contribution is 2.44. The maximum atomic E-state index is 14.1. The Morgan fingerprint density at radius 1 is 1.42 bits per heavy atom. The zero-order valence-corrected chi connectivity index (χ0v) is 18.9. The van der Waals surface area contributed by atoms with E-state index >= 15 is 0 Å². The Morgan fingerprint density at radius 2 is 2.19 bits per heavy atom. The van der Waals surface area contributed by atoms with Crippen molar-refractivity contribution in [3.05, 3.63) is 50.2 Å². The van der Waals surface area contributed by atoms with Crippen LogP contribution in [0.5, 0.6) is 0 Å². The Morgan fingerprint density at radius 3 is 2.81 bits per heavy atom. The van der Waals surface area contributed by atoms with Crippen molar-refractivity contribution in [3.63, 3.8) is 0 Å². The van der Waals surface area contributed by atoms with Gasteiger partial charge in [-0.3, -0.25) is 0 Å². The zero-order valence-electron chi connectivity index (χ0n) is 15.0. The molecule has 3 rings (SSSR count). The molecule has 1 fully saturated rings. The lowest BCUT2D eigenvalue weighted by atomic mass is 10.1. The molecule has 1 saturated carbocycles. The van der Waals surface area contributed by atoms with Crippen molar-refractivity contribution < 1.29 is 4.39 Å². The number of aromatic nitrogens is 1. The van der Waals surface area contributed by atoms with Gasteiger partial charge in [-0.05, 0) is 39.3 Å². The van der Waals surface area contributed by atoms with Gasteiger partial charge in [0.05, 0.1) is 17.2 Å². The molecule has 2 unspecified atom stereocenters. The fourth-order valence-electron chi connectivity index (χ4n) is 2.91. The summed E-state index contributed by atoms with van der Waals surface area (Å²) >= 11 is 7.84. The van der Waals surface area contributed by atoms with Crippen LogP contribution in [0.1, 0.15) is 40.4 Å². The molecule has 4 nitrogen and oxygen atoms in total. The molecule has 2 N–H and O–H groups in total. The Hall–Kier alpha value is -0.930. The van der Waals surface area contributed by atoms with Crippen LogP contribution < -0.4 is 10.6 Å². The van der Waals surface area contributed by atoms with Crippen LogP contribution in [-0.4, -0.2) is 23.5 Å². The van der Waals surface area contributed by atoms with Crippen molar-refractivity contribution >= 4 is 52.9 Å². The zero-order chi connectivity index (χ0) is 18.0. The van der Waals surface area contributed by atoms with E-state index in [-0.39, 0.29) is 41.8 Å². The molecule has 0 amide bonds. The number of aryl methyl sites for hydroxylation is 2. The minimum Gasteiger partial charge on any atom is -0.357 e. The largest absolute Gasteiger partial charge is 0.357 e. The van der Waals surface area contributed by atoms with Gasteiger partial charge in [-0.2, -0.15) is 0 Å². The van der Waals surface area contributed by atoms with Gasteiger partial charge >= 0.3 is 0 Å². The SMILES string of the molecule is CCNC(=NCc1sc(C)nc1C)NC1CC1c1c(F)cccc1Cl.I. The number of halogens is 3. The molecule has 8 heteroatoms. The van der Waals surface area contributed by atoms with E-state index in [4.69, 9.17) is 11.6 Å². The van der Waals surface area contributed by atoms with Crippen LogP contribution in [0.15, 0.2) is 23.2 Å². The third-order valence-corrected chi connectivity index (χ3v) is 5.59. The molecule has 1 aliphatic rings. The molecule has 142 valence electrons. The van der Waals surface area contributed by atoms with Crippen molar-refractivity contribution in [2.45, 2.75) is 45.7 Å². The second-order valence-corrected chi connectivity index (χ2v) is 7.86. The van der Waals surface area contributed by atoms with Gasteiger partial charge in [0.1, 0.15) is 5.82 Å². The number of nitrogens with zero attached hydrogens (tertiary/aromatic N) is 2. The number of nitrogens with one attached hydrogen (secondary N) is 2. The second kappa shape index (κ2) is 9.32. The summed E-state index contributed by atoms with van der Waals surface area (Å²) in [7, 11) is 0. The van der Waals surface area contributed by atoms with E-state index in [0.29, 0.717) is 17.1 Å². The summed E-state index contributed by atoms with van der Waals surface area (Å²) in [6.45, 7) is 7.39. The van der Waals surface area contributed by atoms with Gasteiger partial charge < -0.3 is 10.6 Å². The van der Waals surface area contributed by atoms with Crippen molar-refractivity contribution in [2.75, 3.05) is 6.54 Å². The molecule has 1 aliphatic carbocycles. The van der Waals surface area contributed by atoms with Crippen LogP contribution in [-0.2, 0) is 6.54 Å². The fourth-order valence-corrected chi connectivity index (χ4v) is 4.07. The van der Waals surface area contributed by atoms with E-state index in [1.54, 1.807) is 23.5 Å². The average Bonchev–Trinajstić information content (AvgIpc) is 3.21. The molecule has 0 saturated heterocycles. The highest BCUT2D eigenvalue weighted by Gasteiger charge is 2.41. The summed E-state index contributed by atoms with van der Waals surface area (Å²) in [5.41, 5.74) is 1.64. The lowest BCUT2D eigenvalue weighted by Gasteiger charge is -2.12. The maximum absolute atomic E-state index is 14.1. The van der Waals surface area contributed by atoms with Crippen LogP contribution in [0, 0.1) is 19.7 Å². The Labute approximate surface area is 179 Å². The summed E-state index contributed by atoms with van der Waals surface area (Å²) in [5, 5.41) is 8.18. The first-order valence-electron chi connectivity index (χ1n) is 8.41. The van der Waals surface area contributed by atoms with E-state index in [2.05, 4.69) is 20.6 Å². The molecule has 0 spiro atoms. The van der Waals surface area contributed by atoms with Crippen LogP contribution >= 0.6 is 46.9 Å². The number of aliphatic imine (C=N–C) groups is 1. The van der Waals surface area contributed by atoms with Crippen LogP contribution in [0.2, 0.25) is 5.02 Å². The van der Waals surface area contributed by atoms with E-state index < -0.39 is 0 Å². The third-order valence-electron chi connectivity index (χ3n) is 4.21. The molecule has 0 radical (unpaired) electrons. The topological polar surface area (TPSA) is 49.3 Å². The Bertz CT molecular complexity index is 775. The molecule has 2 aromatic rings. The van der Waals surface area contributed by atoms with E-state index in [1.165, 1.54) is 10.9 Å². The maximum Gasteiger partial charge on any atom is 0.191 e. The molecule has 0 aliphatic heterocycles. The average molecular weight is 509 g/mol. The van der Waals surface area contributed by atoms with Crippen molar-refractivity contribution in [3.8, 4) is 0 Å². The minimum atomic E-state index is -0.237. The van der Waals surface area contributed by atoms with Crippen molar-refractivity contribution in [1.82, 2.24) is 15.6 Å². The lowest BCUT2D eigenvalue weighted by Crippen LogP contribution is -2.39. The summed E-state index contributed by atoms with van der Waals surface area (Å²) < 4.78 is 14.1. The number of hydrogen-bond donors (Lipinski definition) is 2. The predicted molar refractivity (Wildman–Crippen MR) is 118 cm³/mol. The first-order chi connectivity index (χ1) is 12.0. The molecular weight excluding hydrogens is 486 g/mol. The standard InChI is InChI=1S/C18H22ClFN4S.HI/c1-4-21-18(22-9-16-10(2)23-11(3)25-16)24-15-8-12(15)17-13(19)6-5-7-14(17)20;/h5-7,12,15H,4,8-9H2,1-3H3,(H2,21,22,24);1H. The monoisotopic (exact) mass is 508 g/mol. The van der Waals surface area contributed by atoms with Crippen molar-refractivity contribution in [1.29, 1.82) is 0 Å². The van der Waals surface area contributed by atoms with Gasteiger partial charge in [0.2, 0.25) is 0 Å². The molecule has 26 heavy (non-hydrogen) atoms. The molecule has 2 atom stereocenters. The quantitative estimate of drug-likeness (QED) is 0.347. The number of hydrogen-bond acceptors (Lipinski definition) is 3. The smallest absolute Gasteiger partial charge is 0.191 e. The molecule has 1 aromatic heterocycles. The van der Waals surface area contributed by atoms with Gasteiger partial charge in [-0.25, -0.2) is 14.4 Å². The molecule has 1 aromatic carbocycles. The fraction of sp³-hybridized carbons (Fsp3) is 0.444. The van der Waals surface area contributed by atoms with Crippen LogP contribution in [0.3, 0.4) is 0 Å². The first-order valence-corrected chi connectivity index (χ1v) is 9.60. The number of benzene rings is 1. The molecule has 0 bridgehead atoms. The minimum absolute atomic E-state index is 0. The lowest BCUT2D eigenvalue weighted by molar-refractivity contribution is 0.608. The number of thiazole rings is 1. The third kappa shape index (κ3) is 5.07. The molecule has 1 heterocycles. The molecular formula is C18H23ClFIN4S. The number of guanidine groups is 1. The normalized spacial score (nSPS) is 19.0.